The van der Waals surface area contributed by atoms with E-state index in [1.807, 2.05) is 0 Å². The summed E-state index contributed by atoms with van der Waals surface area (Å²) in [5.74, 6) is -1.45. The van der Waals surface area contributed by atoms with Gasteiger partial charge in [0.15, 0.2) is 6.61 Å². The molecule has 0 aliphatic carbocycles. The van der Waals surface area contributed by atoms with Crippen molar-refractivity contribution in [1.82, 2.24) is 15.8 Å². The molecule has 0 aliphatic rings. The average Bonchev–Trinajstić information content (AvgIpc) is 2.58. The van der Waals surface area contributed by atoms with Crippen LogP contribution < -0.4 is 15.6 Å². The quantitative estimate of drug-likeness (QED) is 0.836. The summed E-state index contributed by atoms with van der Waals surface area (Å²) in [6.45, 7) is -1.47. The van der Waals surface area contributed by atoms with Crippen LogP contribution in [0, 0.1) is 0 Å². The van der Waals surface area contributed by atoms with Crippen LogP contribution in [0.4, 0.5) is 13.2 Å². The number of pyridine rings is 1. The zero-order chi connectivity index (χ0) is 17.6. The van der Waals surface area contributed by atoms with E-state index in [2.05, 4.69) is 20.6 Å². The van der Waals surface area contributed by atoms with Gasteiger partial charge in [0, 0.05) is 17.8 Å². The number of amides is 2. The average molecular weight is 339 g/mol. The minimum atomic E-state index is -4.47. The number of ether oxygens (including phenoxy) is 1. The van der Waals surface area contributed by atoms with Crippen molar-refractivity contribution in [2.24, 2.45) is 0 Å². The molecule has 0 bridgehead atoms. The number of nitrogens with one attached hydrogen (secondary N) is 2. The van der Waals surface area contributed by atoms with E-state index >= 15 is 0 Å². The van der Waals surface area contributed by atoms with Gasteiger partial charge in [-0.05, 0) is 18.2 Å². The normalized spacial score (nSPS) is 10.8. The number of halogens is 3. The van der Waals surface area contributed by atoms with Crippen molar-refractivity contribution in [3.63, 3.8) is 0 Å². The van der Waals surface area contributed by atoms with Gasteiger partial charge < -0.3 is 4.74 Å². The fourth-order valence-electron chi connectivity index (χ4n) is 1.60. The Morgan fingerprint density at radius 1 is 0.958 bits per heavy atom. The Kier molecular flexibility index (Phi) is 5.35. The molecule has 6 nitrogen and oxygen atoms in total. The van der Waals surface area contributed by atoms with E-state index in [-0.39, 0.29) is 11.4 Å². The molecule has 0 saturated heterocycles. The maximum Gasteiger partial charge on any atom is 0.422 e. The Labute approximate surface area is 134 Å². The molecule has 2 amide bonds. The van der Waals surface area contributed by atoms with Gasteiger partial charge in [-0.2, -0.15) is 13.2 Å². The molecule has 1 aromatic carbocycles. The smallest absolute Gasteiger partial charge is 0.422 e. The van der Waals surface area contributed by atoms with Crippen LogP contribution in [0.2, 0.25) is 0 Å². The van der Waals surface area contributed by atoms with Crippen LogP contribution >= 0.6 is 0 Å². The number of hydrogen-bond donors (Lipinski definition) is 2. The molecular formula is C15H12F3N3O3. The number of hydrazine groups is 1. The van der Waals surface area contributed by atoms with E-state index in [9.17, 15) is 22.8 Å². The zero-order valence-corrected chi connectivity index (χ0v) is 12.1. The SMILES string of the molecule is O=C(NNC(=O)c1ccc(OCC(F)(F)F)nc1)c1ccccc1. The molecule has 2 aromatic rings. The standard InChI is InChI=1S/C15H12F3N3O3/c16-15(17,18)9-24-12-7-6-11(8-19-12)14(23)21-20-13(22)10-4-2-1-3-5-10/h1-8H,9H2,(H,20,22)(H,21,23). The molecule has 2 N–H and O–H groups in total. The lowest BCUT2D eigenvalue weighted by Gasteiger charge is -2.09. The molecule has 1 aromatic heterocycles. The third kappa shape index (κ3) is 5.27. The molecule has 1 heterocycles. The topological polar surface area (TPSA) is 80.3 Å². The van der Waals surface area contributed by atoms with Crippen LogP contribution in [0.5, 0.6) is 5.88 Å². The molecule has 9 heteroatoms. The number of alkyl halides is 3. The Morgan fingerprint density at radius 2 is 1.58 bits per heavy atom. The van der Waals surface area contributed by atoms with E-state index in [1.54, 1.807) is 30.3 Å². The Morgan fingerprint density at radius 3 is 2.12 bits per heavy atom. The van der Waals surface area contributed by atoms with Crippen LogP contribution in [0.3, 0.4) is 0 Å². The predicted molar refractivity (Wildman–Crippen MR) is 77.2 cm³/mol. The van der Waals surface area contributed by atoms with Gasteiger partial charge >= 0.3 is 6.18 Å². The first kappa shape index (κ1) is 17.3. The highest BCUT2D eigenvalue weighted by Crippen LogP contribution is 2.16. The van der Waals surface area contributed by atoms with Crippen molar-refractivity contribution in [3.8, 4) is 5.88 Å². The van der Waals surface area contributed by atoms with Crippen LogP contribution in [-0.4, -0.2) is 29.6 Å². The molecule has 0 fully saturated rings. The maximum atomic E-state index is 12.0. The molecule has 0 aliphatic heterocycles. The summed E-state index contributed by atoms with van der Waals surface area (Å²) in [5.41, 5.74) is 4.78. The third-order valence-corrected chi connectivity index (χ3v) is 2.71. The van der Waals surface area contributed by atoms with E-state index in [4.69, 9.17) is 0 Å². The molecular weight excluding hydrogens is 327 g/mol. The summed E-state index contributed by atoms with van der Waals surface area (Å²) in [5, 5.41) is 0. The van der Waals surface area contributed by atoms with Gasteiger partial charge in [-0.1, -0.05) is 18.2 Å². The number of carbonyl (C=O) groups is 2. The second-order valence-corrected chi connectivity index (χ2v) is 4.56. The zero-order valence-electron chi connectivity index (χ0n) is 12.1. The van der Waals surface area contributed by atoms with Gasteiger partial charge in [0.05, 0.1) is 5.56 Å². The second kappa shape index (κ2) is 7.44. The third-order valence-electron chi connectivity index (χ3n) is 2.71. The lowest BCUT2D eigenvalue weighted by atomic mass is 10.2. The van der Waals surface area contributed by atoms with Gasteiger partial charge in [-0.15, -0.1) is 0 Å². The fraction of sp³-hybridized carbons (Fsp3) is 0.133. The van der Waals surface area contributed by atoms with Crippen LogP contribution in [-0.2, 0) is 0 Å². The first-order chi connectivity index (χ1) is 11.3. The minimum Gasteiger partial charge on any atom is -0.468 e. The van der Waals surface area contributed by atoms with Crippen LogP contribution in [0.25, 0.3) is 0 Å². The van der Waals surface area contributed by atoms with E-state index in [0.717, 1.165) is 12.3 Å². The van der Waals surface area contributed by atoms with Crippen molar-refractivity contribution in [3.05, 3.63) is 59.8 Å². The molecule has 0 radical (unpaired) electrons. The van der Waals surface area contributed by atoms with Gasteiger partial charge in [0.25, 0.3) is 11.8 Å². The molecule has 0 spiro atoms. The molecule has 0 atom stereocenters. The lowest BCUT2D eigenvalue weighted by molar-refractivity contribution is -0.154. The van der Waals surface area contributed by atoms with E-state index in [1.165, 1.54) is 6.07 Å². The minimum absolute atomic E-state index is 0.0442. The van der Waals surface area contributed by atoms with Gasteiger partial charge in [0.1, 0.15) is 0 Å². The Hall–Kier alpha value is -3.10. The molecule has 2 rings (SSSR count). The summed E-state index contributed by atoms with van der Waals surface area (Å²) in [4.78, 5) is 27.2. The largest absolute Gasteiger partial charge is 0.468 e. The monoisotopic (exact) mass is 339 g/mol. The van der Waals surface area contributed by atoms with Crippen molar-refractivity contribution in [2.75, 3.05) is 6.61 Å². The molecule has 24 heavy (non-hydrogen) atoms. The lowest BCUT2D eigenvalue weighted by Crippen LogP contribution is -2.41. The summed E-state index contributed by atoms with van der Waals surface area (Å²) in [6, 6.07) is 10.6. The first-order valence-corrected chi connectivity index (χ1v) is 6.66. The summed E-state index contributed by atoms with van der Waals surface area (Å²) >= 11 is 0. The first-order valence-electron chi connectivity index (χ1n) is 6.66. The van der Waals surface area contributed by atoms with Crippen LogP contribution in [0.15, 0.2) is 48.7 Å². The number of nitrogens with zero attached hydrogens (tertiary/aromatic N) is 1. The highest BCUT2D eigenvalue weighted by atomic mass is 19.4. The second-order valence-electron chi connectivity index (χ2n) is 4.56. The van der Waals surface area contributed by atoms with Gasteiger partial charge in [0.2, 0.25) is 5.88 Å². The van der Waals surface area contributed by atoms with Crippen molar-refractivity contribution >= 4 is 11.8 Å². The molecule has 0 unspecified atom stereocenters. The van der Waals surface area contributed by atoms with Gasteiger partial charge in [-0.3, -0.25) is 20.4 Å². The Balaban J connectivity index is 1.87. The molecule has 0 saturated carbocycles. The molecule has 126 valence electrons. The number of benzene rings is 1. The summed E-state index contributed by atoms with van der Waals surface area (Å²) in [7, 11) is 0. The highest BCUT2D eigenvalue weighted by molar-refractivity contribution is 5.98. The summed E-state index contributed by atoms with van der Waals surface area (Å²) < 4.78 is 40.4. The van der Waals surface area contributed by atoms with Crippen molar-refractivity contribution < 1.29 is 27.5 Å². The maximum absolute atomic E-state index is 12.0. The van der Waals surface area contributed by atoms with Gasteiger partial charge in [-0.25, -0.2) is 4.98 Å². The highest BCUT2D eigenvalue weighted by Gasteiger charge is 2.28. The van der Waals surface area contributed by atoms with E-state index in [0.29, 0.717) is 5.56 Å². The van der Waals surface area contributed by atoms with Crippen LogP contribution in [0.1, 0.15) is 20.7 Å². The number of aromatic nitrogens is 1. The van der Waals surface area contributed by atoms with Crippen molar-refractivity contribution in [1.29, 1.82) is 0 Å². The predicted octanol–water partition coefficient (Wildman–Crippen LogP) is 2.10. The van der Waals surface area contributed by atoms with Crippen molar-refractivity contribution in [2.45, 2.75) is 6.18 Å². The number of rotatable bonds is 4. The Bertz CT molecular complexity index is 703. The summed E-state index contributed by atoms with van der Waals surface area (Å²) in [6.07, 6.45) is -3.44. The fourth-order valence-corrected chi connectivity index (χ4v) is 1.60. The van der Waals surface area contributed by atoms with E-state index < -0.39 is 24.6 Å². The number of hydrogen-bond acceptors (Lipinski definition) is 4. The number of carbonyl (C=O) groups excluding carboxylic acids is 2.